The summed E-state index contributed by atoms with van der Waals surface area (Å²) in [7, 11) is 0. The molecule has 14 heavy (non-hydrogen) atoms. The van der Waals surface area contributed by atoms with Crippen molar-refractivity contribution in [3.05, 3.63) is 11.8 Å². The molecule has 0 unspecified atom stereocenters. The quantitative estimate of drug-likeness (QED) is 0.530. The van der Waals surface area contributed by atoms with E-state index in [1.165, 1.54) is 17.9 Å². The number of aliphatic hydroxyl groups is 1. The number of carboxylic acid groups (broad SMARTS) is 1. The van der Waals surface area contributed by atoms with Gasteiger partial charge in [0.05, 0.1) is 29.7 Å². The summed E-state index contributed by atoms with van der Waals surface area (Å²) in [6, 6.07) is -0.185. The number of aliphatic hydroxyl groups excluding tert-OH is 1. The summed E-state index contributed by atoms with van der Waals surface area (Å²) in [5, 5.41) is 19.9. The van der Waals surface area contributed by atoms with E-state index < -0.39 is 18.0 Å². The Bertz CT molecular complexity index is 334. The van der Waals surface area contributed by atoms with E-state index in [9.17, 15) is 19.8 Å². The molecule has 5 heteroatoms. The molecule has 1 amide bonds. The predicted molar refractivity (Wildman–Crippen MR) is 43.5 cm³/mol. The molecule has 0 aliphatic carbocycles. The number of rotatable bonds is 2. The first kappa shape index (κ1) is 9.21. The second-order valence-electron chi connectivity index (χ2n) is 3.65. The van der Waals surface area contributed by atoms with Crippen LogP contribution in [0.15, 0.2) is 11.8 Å². The highest BCUT2D eigenvalue weighted by Crippen LogP contribution is 2.39. The van der Waals surface area contributed by atoms with Gasteiger partial charge in [-0.25, -0.2) is 0 Å². The van der Waals surface area contributed by atoms with Crippen LogP contribution < -0.4 is 5.11 Å². The average Bonchev–Trinajstić information content (AvgIpc) is 2.42. The molecule has 0 bridgehead atoms. The van der Waals surface area contributed by atoms with Crippen LogP contribution in [0.1, 0.15) is 13.3 Å². The molecule has 1 fully saturated rings. The van der Waals surface area contributed by atoms with Crippen molar-refractivity contribution in [3.8, 4) is 0 Å². The lowest BCUT2D eigenvalue weighted by Crippen LogP contribution is -2.62. The fourth-order valence-electron chi connectivity index (χ4n) is 2.16. The van der Waals surface area contributed by atoms with E-state index in [-0.39, 0.29) is 17.6 Å². The third-order valence-corrected chi connectivity index (χ3v) is 2.81. The van der Waals surface area contributed by atoms with E-state index >= 15 is 0 Å². The zero-order chi connectivity index (χ0) is 10.5. The SMILES string of the molecule is C[C@@H](O)[C@H]1C(=O)N2C(C(=O)[O-])=CC[C@H]12. The van der Waals surface area contributed by atoms with Crippen LogP contribution in [0.25, 0.3) is 0 Å². The lowest BCUT2D eigenvalue weighted by Gasteiger charge is -2.45. The highest BCUT2D eigenvalue weighted by molar-refractivity contribution is 5.98. The van der Waals surface area contributed by atoms with Crippen LogP contribution in [0.5, 0.6) is 0 Å². The van der Waals surface area contributed by atoms with E-state index in [1.807, 2.05) is 0 Å². The molecule has 0 radical (unpaired) electrons. The highest BCUT2D eigenvalue weighted by Gasteiger charge is 2.52. The lowest BCUT2D eigenvalue weighted by molar-refractivity contribution is -0.301. The number of carbonyl (C=O) groups excluding carboxylic acids is 2. The van der Waals surface area contributed by atoms with Gasteiger partial charge >= 0.3 is 0 Å². The van der Waals surface area contributed by atoms with Gasteiger partial charge in [-0.15, -0.1) is 0 Å². The Kier molecular flexibility index (Phi) is 1.85. The first-order valence-corrected chi connectivity index (χ1v) is 4.46. The Morgan fingerprint density at radius 2 is 2.43 bits per heavy atom. The summed E-state index contributed by atoms with van der Waals surface area (Å²) in [4.78, 5) is 23.2. The number of β-lactam (4-membered cyclic amide) rings is 1. The molecular formula is C9H10NO4-. The Morgan fingerprint density at radius 1 is 1.79 bits per heavy atom. The topological polar surface area (TPSA) is 80.7 Å². The third kappa shape index (κ3) is 0.988. The van der Waals surface area contributed by atoms with Crippen LogP contribution in [0.2, 0.25) is 0 Å². The monoisotopic (exact) mass is 196 g/mol. The van der Waals surface area contributed by atoms with E-state index in [0.717, 1.165) is 0 Å². The normalized spacial score (nSPS) is 32.0. The van der Waals surface area contributed by atoms with Crippen molar-refractivity contribution in [3.63, 3.8) is 0 Å². The molecule has 0 aromatic heterocycles. The summed E-state index contributed by atoms with van der Waals surface area (Å²) in [5.74, 6) is -2.11. The van der Waals surface area contributed by atoms with E-state index in [0.29, 0.717) is 6.42 Å². The highest BCUT2D eigenvalue weighted by atomic mass is 16.4. The van der Waals surface area contributed by atoms with Crippen molar-refractivity contribution >= 4 is 11.9 Å². The molecule has 2 heterocycles. The summed E-state index contributed by atoms with van der Waals surface area (Å²) >= 11 is 0. The second kappa shape index (κ2) is 2.81. The predicted octanol–water partition coefficient (Wildman–Crippen LogP) is -1.77. The van der Waals surface area contributed by atoms with Crippen LogP contribution in [-0.4, -0.2) is 34.0 Å². The number of carbonyl (C=O) groups is 2. The van der Waals surface area contributed by atoms with Gasteiger partial charge in [-0.05, 0) is 13.3 Å². The van der Waals surface area contributed by atoms with Crippen molar-refractivity contribution in [1.82, 2.24) is 4.90 Å². The largest absolute Gasteiger partial charge is 0.543 e. The average molecular weight is 196 g/mol. The van der Waals surface area contributed by atoms with Gasteiger partial charge in [0.15, 0.2) is 0 Å². The molecule has 2 aliphatic heterocycles. The fourth-order valence-corrected chi connectivity index (χ4v) is 2.16. The fraction of sp³-hybridized carbons (Fsp3) is 0.556. The van der Waals surface area contributed by atoms with Gasteiger partial charge in [0.25, 0.3) is 0 Å². The smallest absolute Gasteiger partial charge is 0.235 e. The second-order valence-corrected chi connectivity index (χ2v) is 3.65. The Balaban J connectivity index is 2.17. The number of amides is 1. The molecule has 0 aromatic rings. The number of nitrogens with zero attached hydrogens (tertiary/aromatic N) is 1. The van der Waals surface area contributed by atoms with Crippen molar-refractivity contribution < 1.29 is 19.8 Å². The van der Waals surface area contributed by atoms with E-state index in [1.54, 1.807) is 0 Å². The standard InChI is InChI=1S/C9H11NO4/c1-4(11)7-5-2-3-6(9(13)14)10(5)8(7)12/h3-5,7,11H,2H2,1H3,(H,13,14)/p-1/t4-,5-,7-/m1/s1. The minimum Gasteiger partial charge on any atom is -0.543 e. The maximum atomic E-state index is 11.4. The van der Waals surface area contributed by atoms with Gasteiger partial charge in [0.2, 0.25) is 5.91 Å². The van der Waals surface area contributed by atoms with E-state index in [4.69, 9.17) is 0 Å². The molecule has 1 N–H and O–H groups in total. The molecule has 2 aliphatic rings. The maximum Gasteiger partial charge on any atom is 0.235 e. The Morgan fingerprint density at radius 3 is 2.93 bits per heavy atom. The van der Waals surface area contributed by atoms with Crippen LogP contribution in [-0.2, 0) is 9.59 Å². The van der Waals surface area contributed by atoms with Crippen LogP contribution in [0.4, 0.5) is 0 Å². The zero-order valence-electron chi connectivity index (χ0n) is 7.64. The summed E-state index contributed by atoms with van der Waals surface area (Å²) < 4.78 is 0. The zero-order valence-corrected chi connectivity index (χ0v) is 7.64. The van der Waals surface area contributed by atoms with Gasteiger partial charge in [0, 0.05) is 0 Å². The Hall–Kier alpha value is -1.36. The van der Waals surface area contributed by atoms with Gasteiger partial charge in [0.1, 0.15) is 0 Å². The van der Waals surface area contributed by atoms with Gasteiger partial charge in [-0.1, -0.05) is 6.08 Å². The van der Waals surface area contributed by atoms with Gasteiger partial charge in [-0.2, -0.15) is 0 Å². The maximum absolute atomic E-state index is 11.4. The molecule has 5 nitrogen and oxygen atoms in total. The molecule has 0 aromatic carbocycles. The van der Waals surface area contributed by atoms with Gasteiger partial charge < -0.3 is 19.9 Å². The first-order chi connectivity index (χ1) is 6.54. The van der Waals surface area contributed by atoms with Crippen molar-refractivity contribution in [2.45, 2.75) is 25.5 Å². The number of hydrogen-bond acceptors (Lipinski definition) is 4. The molecule has 1 saturated heterocycles. The molecule has 0 spiro atoms. The summed E-state index contributed by atoms with van der Waals surface area (Å²) in [6.07, 6.45) is 1.24. The molecule has 0 saturated carbocycles. The summed E-state index contributed by atoms with van der Waals surface area (Å²) in [5.41, 5.74) is -0.0584. The van der Waals surface area contributed by atoms with Crippen LogP contribution in [0.3, 0.4) is 0 Å². The van der Waals surface area contributed by atoms with Crippen molar-refractivity contribution in [2.24, 2.45) is 5.92 Å². The Labute approximate surface area is 80.6 Å². The summed E-state index contributed by atoms with van der Waals surface area (Å²) in [6.45, 7) is 1.54. The number of aliphatic carboxylic acids is 1. The van der Waals surface area contributed by atoms with Crippen LogP contribution in [0, 0.1) is 5.92 Å². The third-order valence-electron chi connectivity index (χ3n) is 2.81. The van der Waals surface area contributed by atoms with E-state index in [2.05, 4.69) is 0 Å². The molecule has 76 valence electrons. The first-order valence-electron chi connectivity index (χ1n) is 4.46. The number of carboxylic acids is 1. The van der Waals surface area contributed by atoms with Gasteiger partial charge in [-0.3, -0.25) is 4.79 Å². The van der Waals surface area contributed by atoms with Crippen LogP contribution >= 0.6 is 0 Å². The number of hydrogen-bond donors (Lipinski definition) is 1. The molecular weight excluding hydrogens is 186 g/mol. The lowest BCUT2D eigenvalue weighted by atomic mass is 9.83. The minimum absolute atomic E-state index is 0.0584. The molecule has 3 atom stereocenters. The minimum atomic E-state index is -1.33. The molecule has 2 rings (SSSR count). The van der Waals surface area contributed by atoms with Crippen molar-refractivity contribution in [1.29, 1.82) is 0 Å². The van der Waals surface area contributed by atoms with Crippen molar-refractivity contribution in [2.75, 3.05) is 0 Å². The number of fused-ring (bicyclic) bond motifs is 1.